The van der Waals surface area contributed by atoms with E-state index >= 15 is 0 Å². The van der Waals surface area contributed by atoms with Gasteiger partial charge >= 0.3 is 24.1 Å². The van der Waals surface area contributed by atoms with Gasteiger partial charge < -0.3 is 29.6 Å². The molecular formula is C28H36N2O8S2. The third kappa shape index (κ3) is 13.6. The fraction of sp³-hybridized carbons (Fsp3) is 0.429. The largest absolute Gasteiger partial charge is 0.464 e. The standard InChI is InChI=1S/C28H36N2O8S2/c1-3-35-25(31)23(29-27(33)37-19-21-11-7-5-8-12-21)15-17-39-40-18-16-24(26(32)36-4-2)30-28(34)38-20-22-13-9-6-10-14-22/h5-14,23-24H,3-4,15-20H2,1-2H3,(H,29,33)(H,30,34). The molecule has 0 radical (unpaired) electrons. The third-order valence-corrected chi connectivity index (χ3v) is 7.69. The number of hydrogen-bond acceptors (Lipinski definition) is 10. The van der Waals surface area contributed by atoms with Crippen LogP contribution in [0.1, 0.15) is 37.8 Å². The molecule has 2 amide bonds. The molecule has 0 saturated heterocycles. The van der Waals surface area contributed by atoms with Gasteiger partial charge in [0.25, 0.3) is 0 Å². The minimum atomic E-state index is -0.857. The van der Waals surface area contributed by atoms with E-state index in [1.165, 1.54) is 21.6 Å². The van der Waals surface area contributed by atoms with Crippen LogP contribution < -0.4 is 10.6 Å². The molecule has 0 aliphatic heterocycles. The summed E-state index contributed by atoms with van der Waals surface area (Å²) in [4.78, 5) is 49.1. The molecule has 2 N–H and O–H groups in total. The Morgan fingerprint density at radius 1 is 0.625 bits per heavy atom. The smallest absolute Gasteiger partial charge is 0.408 e. The molecule has 0 bridgehead atoms. The van der Waals surface area contributed by atoms with Gasteiger partial charge in [-0.2, -0.15) is 0 Å². The predicted octanol–water partition coefficient (Wildman–Crippen LogP) is 4.86. The number of benzene rings is 2. The van der Waals surface area contributed by atoms with Gasteiger partial charge in [0.1, 0.15) is 25.3 Å². The number of hydrogen-bond donors (Lipinski definition) is 2. The van der Waals surface area contributed by atoms with E-state index in [4.69, 9.17) is 18.9 Å². The zero-order valence-corrected chi connectivity index (χ0v) is 24.3. The van der Waals surface area contributed by atoms with Crippen LogP contribution in [0, 0.1) is 0 Å². The average Bonchev–Trinajstić information content (AvgIpc) is 2.96. The van der Waals surface area contributed by atoms with E-state index in [2.05, 4.69) is 10.6 Å². The van der Waals surface area contributed by atoms with Crippen LogP contribution in [0.25, 0.3) is 0 Å². The van der Waals surface area contributed by atoms with Crippen LogP contribution in [0.5, 0.6) is 0 Å². The SMILES string of the molecule is CCOC(=O)C(CCSSCCC(NC(=O)OCc1ccccc1)C(=O)OCC)NC(=O)OCc1ccccc1. The average molecular weight is 593 g/mol. The van der Waals surface area contributed by atoms with E-state index in [1.807, 2.05) is 60.7 Å². The first-order chi connectivity index (χ1) is 19.4. The summed E-state index contributed by atoms with van der Waals surface area (Å²) in [6, 6.07) is 16.7. The van der Waals surface area contributed by atoms with Crippen LogP contribution in [-0.4, -0.2) is 60.9 Å². The minimum Gasteiger partial charge on any atom is -0.464 e. The molecule has 2 aromatic rings. The molecule has 2 rings (SSSR count). The molecule has 0 fully saturated rings. The highest BCUT2D eigenvalue weighted by Gasteiger charge is 2.24. The highest BCUT2D eigenvalue weighted by molar-refractivity contribution is 8.76. The Labute approximate surface area is 242 Å². The molecule has 2 atom stereocenters. The second kappa shape index (κ2) is 19.6. The Morgan fingerprint density at radius 3 is 1.35 bits per heavy atom. The molecule has 12 heteroatoms. The summed E-state index contributed by atoms with van der Waals surface area (Å²) in [5.41, 5.74) is 1.66. The van der Waals surface area contributed by atoms with Gasteiger partial charge in [0, 0.05) is 11.5 Å². The van der Waals surface area contributed by atoms with Crippen molar-refractivity contribution >= 4 is 45.7 Å². The second-order valence-corrected chi connectivity index (χ2v) is 10.9. The van der Waals surface area contributed by atoms with Crippen molar-refractivity contribution in [3.05, 3.63) is 71.8 Å². The van der Waals surface area contributed by atoms with Gasteiger partial charge in [-0.05, 0) is 37.8 Å². The van der Waals surface area contributed by atoms with Gasteiger partial charge in [0.15, 0.2) is 0 Å². The van der Waals surface area contributed by atoms with Gasteiger partial charge in [-0.25, -0.2) is 19.2 Å². The molecule has 218 valence electrons. The number of amides is 2. The molecule has 40 heavy (non-hydrogen) atoms. The van der Waals surface area contributed by atoms with Crippen molar-refractivity contribution in [3.8, 4) is 0 Å². The zero-order valence-electron chi connectivity index (χ0n) is 22.7. The zero-order chi connectivity index (χ0) is 29.0. The first-order valence-corrected chi connectivity index (χ1v) is 15.4. The van der Waals surface area contributed by atoms with Crippen LogP contribution in [0.4, 0.5) is 9.59 Å². The van der Waals surface area contributed by atoms with E-state index in [0.717, 1.165) is 11.1 Å². The summed E-state index contributed by atoms with van der Waals surface area (Å²) in [6.45, 7) is 3.93. The lowest BCUT2D eigenvalue weighted by atomic mass is 10.2. The Kier molecular flexibility index (Phi) is 16.1. The van der Waals surface area contributed by atoms with Crippen LogP contribution in [0.15, 0.2) is 60.7 Å². The number of ether oxygens (including phenoxy) is 4. The lowest BCUT2D eigenvalue weighted by Crippen LogP contribution is -2.42. The number of nitrogens with one attached hydrogen (secondary N) is 2. The van der Waals surface area contributed by atoms with Crippen LogP contribution in [0.2, 0.25) is 0 Å². The van der Waals surface area contributed by atoms with Crippen molar-refractivity contribution in [2.24, 2.45) is 0 Å². The molecule has 0 spiro atoms. The van der Waals surface area contributed by atoms with E-state index in [0.29, 0.717) is 24.3 Å². The molecule has 2 aromatic carbocycles. The van der Waals surface area contributed by atoms with E-state index < -0.39 is 36.2 Å². The van der Waals surface area contributed by atoms with Crippen molar-refractivity contribution in [2.45, 2.75) is 52.0 Å². The van der Waals surface area contributed by atoms with Gasteiger partial charge in [0.2, 0.25) is 0 Å². The van der Waals surface area contributed by atoms with Crippen molar-refractivity contribution in [1.29, 1.82) is 0 Å². The van der Waals surface area contributed by atoms with E-state index in [9.17, 15) is 19.2 Å². The number of alkyl carbamates (subject to hydrolysis) is 2. The Balaban J connectivity index is 1.74. The maximum Gasteiger partial charge on any atom is 0.408 e. The fourth-order valence-corrected chi connectivity index (χ4v) is 5.43. The highest BCUT2D eigenvalue weighted by Crippen LogP contribution is 2.24. The first kappa shape index (κ1) is 32.8. The van der Waals surface area contributed by atoms with Gasteiger partial charge in [0.05, 0.1) is 13.2 Å². The fourth-order valence-electron chi connectivity index (χ4n) is 3.25. The summed E-state index contributed by atoms with van der Waals surface area (Å²) in [6.07, 6.45) is -0.769. The molecular weight excluding hydrogens is 556 g/mol. The molecule has 0 aliphatic carbocycles. The molecule has 10 nitrogen and oxygen atoms in total. The van der Waals surface area contributed by atoms with Gasteiger partial charge in [-0.15, -0.1) is 0 Å². The lowest BCUT2D eigenvalue weighted by molar-refractivity contribution is -0.146. The quantitative estimate of drug-likeness (QED) is 0.114. The van der Waals surface area contributed by atoms with Crippen LogP contribution >= 0.6 is 21.6 Å². The van der Waals surface area contributed by atoms with E-state index in [1.54, 1.807) is 13.8 Å². The lowest BCUT2D eigenvalue weighted by Gasteiger charge is -2.18. The van der Waals surface area contributed by atoms with Gasteiger partial charge in [-0.3, -0.25) is 0 Å². The maximum atomic E-state index is 12.3. The Morgan fingerprint density at radius 2 is 1.00 bits per heavy atom. The van der Waals surface area contributed by atoms with Crippen molar-refractivity contribution in [2.75, 3.05) is 24.7 Å². The van der Waals surface area contributed by atoms with Gasteiger partial charge in [-0.1, -0.05) is 82.3 Å². The molecule has 0 heterocycles. The summed E-state index contributed by atoms with van der Waals surface area (Å²) < 4.78 is 20.6. The monoisotopic (exact) mass is 592 g/mol. The summed E-state index contributed by atoms with van der Waals surface area (Å²) in [7, 11) is 2.94. The highest BCUT2D eigenvalue weighted by atomic mass is 33.1. The number of carbonyl (C=O) groups excluding carboxylic acids is 4. The Hall–Kier alpha value is -3.38. The number of esters is 2. The number of carbonyl (C=O) groups is 4. The third-order valence-electron chi connectivity index (χ3n) is 5.21. The topological polar surface area (TPSA) is 129 Å². The van der Waals surface area contributed by atoms with Crippen LogP contribution in [0.3, 0.4) is 0 Å². The molecule has 0 aromatic heterocycles. The molecule has 0 aliphatic rings. The predicted molar refractivity (Wildman–Crippen MR) is 155 cm³/mol. The van der Waals surface area contributed by atoms with E-state index in [-0.39, 0.29) is 26.4 Å². The summed E-state index contributed by atoms with van der Waals surface area (Å²) in [5.74, 6) is -0.0382. The maximum absolute atomic E-state index is 12.3. The first-order valence-electron chi connectivity index (χ1n) is 12.9. The second-order valence-electron chi connectivity index (χ2n) is 8.24. The normalized spacial score (nSPS) is 11.9. The number of rotatable bonds is 17. The Bertz CT molecular complexity index is 960. The van der Waals surface area contributed by atoms with Crippen molar-refractivity contribution in [1.82, 2.24) is 10.6 Å². The minimum absolute atomic E-state index is 0.0856. The van der Waals surface area contributed by atoms with Crippen molar-refractivity contribution < 1.29 is 38.1 Å². The molecule has 0 saturated carbocycles. The van der Waals surface area contributed by atoms with Crippen molar-refractivity contribution in [3.63, 3.8) is 0 Å². The summed E-state index contributed by atoms with van der Waals surface area (Å²) >= 11 is 0. The molecule has 2 unspecified atom stereocenters. The summed E-state index contributed by atoms with van der Waals surface area (Å²) in [5, 5.41) is 5.15. The van der Waals surface area contributed by atoms with Crippen LogP contribution in [-0.2, 0) is 41.8 Å².